The van der Waals surface area contributed by atoms with Crippen LogP contribution in [-0.2, 0) is 25.6 Å². The number of nitrogens with two attached hydrogens (primary N) is 1. The van der Waals surface area contributed by atoms with Crippen molar-refractivity contribution in [2.45, 2.75) is 44.2 Å². The van der Waals surface area contributed by atoms with E-state index in [1.807, 2.05) is 30.3 Å². The average molecular weight is 538 g/mol. The van der Waals surface area contributed by atoms with E-state index in [0.29, 0.717) is 13.0 Å². The van der Waals surface area contributed by atoms with Crippen LogP contribution in [-0.4, -0.2) is 73.3 Å². The van der Waals surface area contributed by atoms with Gasteiger partial charge in [-0.25, -0.2) is 0 Å². The number of likely N-dealkylation sites (N-methyl/N-ethyl adjacent to an activating group) is 1. The fourth-order valence-corrected chi connectivity index (χ4v) is 4.17. The van der Waals surface area contributed by atoms with E-state index in [4.69, 9.17) is 10.5 Å². The number of para-hydroxylation sites is 1. The van der Waals surface area contributed by atoms with Crippen LogP contribution in [0.25, 0.3) is 0 Å². The maximum absolute atomic E-state index is 13.2. The molecule has 5 N–H and O–H groups in total. The molecule has 0 saturated carbocycles. The maximum atomic E-state index is 13.2. The summed E-state index contributed by atoms with van der Waals surface area (Å²) in [6.07, 6.45) is 0.888. The van der Waals surface area contributed by atoms with Gasteiger partial charge in [0.15, 0.2) is 0 Å². The second-order valence-corrected chi connectivity index (χ2v) is 9.34. The molecule has 0 aliphatic carbocycles. The second kappa shape index (κ2) is 14.5. The third kappa shape index (κ3) is 9.13. The molecule has 1 heterocycles. The van der Waals surface area contributed by atoms with Gasteiger partial charge in [-0.05, 0) is 37.0 Å². The van der Waals surface area contributed by atoms with Crippen molar-refractivity contribution in [2.24, 2.45) is 5.73 Å². The number of rotatable bonds is 7. The van der Waals surface area contributed by atoms with Crippen LogP contribution in [0.5, 0.6) is 5.75 Å². The third-order valence-electron chi connectivity index (χ3n) is 6.30. The number of benzene rings is 2. The highest BCUT2D eigenvalue weighted by molar-refractivity contribution is 6.00. The first-order valence-electron chi connectivity index (χ1n) is 12.9. The zero-order valence-electron chi connectivity index (χ0n) is 22.0. The van der Waals surface area contributed by atoms with Crippen molar-refractivity contribution < 1.29 is 28.7 Å². The van der Waals surface area contributed by atoms with Gasteiger partial charge in [-0.1, -0.05) is 42.5 Å². The Bertz CT molecular complexity index is 1170. The minimum atomic E-state index is -1.16. The van der Waals surface area contributed by atoms with Gasteiger partial charge in [0.1, 0.15) is 24.4 Å². The lowest BCUT2D eigenvalue weighted by atomic mass is 10.1. The molecule has 0 unspecified atom stereocenters. The van der Waals surface area contributed by atoms with Gasteiger partial charge in [0.2, 0.25) is 23.6 Å². The number of carbonyl (C=O) groups is 5. The fourth-order valence-electron chi connectivity index (χ4n) is 4.17. The number of nitrogens with one attached hydrogen (secondary N) is 3. The Kier molecular flexibility index (Phi) is 10.8. The molecular formula is C28H35N5O6. The van der Waals surface area contributed by atoms with Crippen molar-refractivity contribution in [2.75, 3.05) is 26.7 Å². The highest BCUT2D eigenvalue weighted by Crippen LogP contribution is 2.19. The van der Waals surface area contributed by atoms with Crippen LogP contribution in [0.1, 0.15) is 41.6 Å². The third-order valence-corrected chi connectivity index (χ3v) is 6.30. The summed E-state index contributed by atoms with van der Waals surface area (Å²) in [6.45, 7) is 0.566. The van der Waals surface area contributed by atoms with E-state index in [2.05, 4.69) is 16.0 Å². The predicted molar refractivity (Wildman–Crippen MR) is 144 cm³/mol. The number of aryl methyl sites for hydroxylation is 1. The van der Waals surface area contributed by atoms with Crippen molar-refractivity contribution >= 4 is 29.5 Å². The number of fused-ring (bicyclic) bond motifs is 1. The summed E-state index contributed by atoms with van der Waals surface area (Å²) in [4.78, 5) is 64.7. The van der Waals surface area contributed by atoms with E-state index >= 15 is 0 Å². The molecule has 2 aromatic rings. The van der Waals surface area contributed by atoms with Gasteiger partial charge in [0.05, 0.1) is 18.5 Å². The average Bonchev–Trinajstić information content (AvgIpc) is 2.92. The number of amides is 5. The van der Waals surface area contributed by atoms with Crippen molar-refractivity contribution in [3.05, 3.63) is 65.7 Å². The SMILES string of the molecule is CN1CCOc2ccccc2C(=O)N[C@H](C(=O)NCCCc2ccccc2)CCC(=O)N[C@@H](CC(N)=O)C1=O. The molecule has 11 heteroatoms. The number of hydrogen-bond acceptors (Lipinski definition) is 6. The lowest BCUT2D eigenvalue weighted by Gasteiger charge is -2.24. The van der Waals surface area contributed by atoms with Crippen LogP contribution >= 0.6 is 0 Å². The van der Waals surface area contributed by atoms with E-state index < -0.39 is 41.6 Å². The van der Waals surface area contributed by atoms with Gasteiger partial charge >= 0.3 is 0 Å². The van der Waals surface area contributed by atoms with E-state index in [1.54, 1.807) is 24.3 Å². The summed E-state index contributed by atoms with van der Waals surface area (Å²) in [5.74, 6) is -2.47. The van der Waals surface area contributed by atoms with E-state index in [0.717, 1.165) is 12.0 Å². The Morgan fingerprint density at radius 1 is 1.05 bits per heavy atom. The quantitative estimate of drug-likeness (QED) is 0.377. The smallest absolute Gasteiger partial charge is 0.255 e. The molecule has 0 spiro atoms. The Hall–Kier alpha value is -4.41. The van der Waals surface area contributed by atoms with Crippen LogP contribution in [0, 0.1) is 0 Å². The van der Waals surface area contributed by atoms with Crippen molar-refractivity contribution in [3.8, 4) is 5.75 Å². The molecule has 2 aromatic carbocycles. The topological polar surface area (TPSA) is 160 Å². The first-order valence-corrected chi connectivity index (χ1v) is 12.9. The van der Waals surface area contributed by atoms with Gasteiger partial charge in [-0.3, -0.25) is 24.0 Å². The summed E-state index contributed by atoms with van der Waals surface area (Å²) >= 11 is 0. The molecule has 0 radical (unpaired) electrons. The summed E-state index contributed by atoms with van der Waals surface area (Å²) < 4.78 is 5.77. The molecular weight excluding hydrogens is 502 g/mol. The first-order chi connectivity index (χ1) is 18.7. The predicted octanol–water partition coefficient (Wildman–Crippen LogP) is 0.525. The normalized spacial score (nSPS) is 18.9. The summed E-state index contributed by atoms with van der Waals surface area (Å²) in [7, 11) is 1.51. The Morgan fingerprint density at radius 2 is 1.77 bits per heavy atom. The lowest BCUT2D eigenvalue weighted by Crippen LogP contribution is -2.50. The number of nitrogens with zero attached hydrogens (tertiary/aromatic N) is 1. The molecule has 1 aliphatic rings. The molecule has 3 rings (SSSR count). The zero-order chi connectivity index (χ0) is 28.2. The minimum absolute atomic E-state index is 0.0293. The molecule has 0 bridgehead atoms. The first kappa shape index (κ1) is 29.2. The van der Waals surface area contributed by atoms with Crippen LogP contribution in [0.15, 0.2) is 54.6 Å². The number of hydrogen-bond donors (Lipinski definition) is 4. The van der Waals surface area contributed by atoms with Gasteiger partial charge < -0.3 is 31.3 Å². The largest absolute Gasteiger partial charge is 0.491 e. The number of carbonyl (C=O) groups excluding carboxylic acids is 5. The molecule has 0 fully saturated rings. The van der Waals surface area contributed by atoms with Crippen molar-refractivity contribution in [1.82, 2.24) is 20.9 Å². The van der Waals surface area contributed by atoms with E-state index in [-0.39, 0.29) is 43.7 Å². The Morgan fingerprint density at radius 3 is 2.51 bits per heavy atom. The van der Waals surface area contributed by atoms with Crippen molar-refractivity contribution in [3.63, 3.8) is 0 Å². The van der Waals surface area contributed by atoms with Crippen molar-refractivity contribution in [1.29, 1.82) is 0 Å². The summed E-state index contributed by atoms with van der Waals surface area (Å²) in [5.41, 5.74) is 6.67. The van der Waals surface area contributed by atoms with E-state index in [9.17, 15) is 24.0 Å². The number of primary amides is 1. The van der Waals surface area contributed by atoms with Crippen LogP contribution < -0.4 is 26.4 Å². The minimum Gasteiger partial charge on any atom is -0.491 e. The molecule has 5 amide bonds. The highest BCUT2D eigenvalue weighted by Gasteiger charge is 2.28. The van der Waals surface area contributed by atoms with Crippen LogP contribution in [0.2, 0.25) is 0 Å². The number of ether oxygens (including phenoxy) is 1. The standard InChI is InChI=1S/C28H35N5O6/c1-33-16-17-39-23-12-6-5-11-20(23)26(36)32-21(13-14-25(35)31-22(28(33)38)18-24(29)34)27(37)30-15-7-10-19-8-3-2-4-9-19/h2-6,8-9,11-12,21-22H,7,10,13-18H2,1H3,(H2,29,34)(H,30,37)(H,31,35)(H,32,36)/t21-,22-/m0/s1. The van der Waals surface area contributed by atoms with E-state index in [1.165, 1.54) is 11.9 Å². The molecule has 208 valence electrons. The van der Waals surface area contributed by atoms with Crippen LogP contribution in [0.3, 0.4) is 0 Å². The lowest BCUT2D eigenvalue weighted by molar-refractivity contribution is -0.137. The molecule has 0 aromatic heterocycles. The highest BCUT2D eigenvalue weighted by atomic mass is 16.5. The maximum Gasteiger partial charge on any atom is 0.255 e. The molecule has 1 aliphatic heterocycles. The van der Waals surface area contributed by atoms with Gasteiger partial charge in [-0.2, -0.15) is 0 Å². The molecule has 2 atom stereocenters. The summed E-state index contributed by atoms with van der Waals surface area (Å²) in [5, 5.41) is 8.10. The molecule has 39 heavy (non-hydrogen) atoms. The molecule has 0 saturated heterocycles. The fraction of sp³-hybridized carbons (Fsp3) is 0.393. The Balaban J connectivity index is 1.75. The van der Waals surface area contributed by atoms with Crippen LogP contribution in [0.4, 0.5) is 0 Å². The Labute approximate surface area is 227 Å². The van der Waals surface area contributed by atoms with Gasteiger partial charge in [-0.15, -0.1) is 0 Å². The second-order valence-electron chi connectivity index (χ2n) is 9.34. The molecule has 11 nitrogen and oxygen atoms in total. The van der Waals surface area contributed by atoms with Gasteiger partial charge in [0, 0.05) is 20.0 Å². The summed E-state index contributed by atoms with van der Waals surface area (Å²) in [6, 6.07) is 14.2. The monoisotopic (exact) mass is 537 g/mol. The zero-order valence-corrected chi connectivity index (χ0v) is 22.0. The van der Waals surface area contributed by atoms with Gasteiger partial charge in [0.25, 0.3) is 5.91 Å².